The summed E-state index contributed by atoms with van der Waals surface area (Å²) < 4.78 is 7.36. The van der Waals surface area contributed by atoms with Crippen LogP contribution in [0.2, 0.25) is 5.02 Å². The van der Waals surface area contributed by atoms with Gasteiger partial charge in [-0.2, -0.15) is 4.98 Å². The number of aromatic nitrogens is 4. The second-order valence-corrected chi connectivity index (χ2v) is 8.32. The molecule has 2 aromatic heterocycles. The zero-order valence-corrected chi connectivity index (χ0v) is 19.0. The minimum absolute atomic E-state index is 0.209. The van der Waals surface area contributed by atoms with E-state index in [0.717, 1.165) is 16.7 Å². The average Bonchev–Trinajstić information content (AvgIpc) is 3.50. The van der Waals surface area contributed by atoms with Crippen molar-refractivity contribution in [3.63, 3.8) is 0 Å². The van der Waals surface area contributed by atoms with Gasteiger partial charge in [-0.3, -0.25) is 4.79 Å². The molecule has 0 saturated heterocycles. The smallest absolute Gasteiger partial charge is 0.278 e. The molecule has 7 nitrogen and oxygen atoms in total. The normalized spacial score (nSPS) is 10.9. The van der Waals surface area contributed by atoms with Crippen molar-refractivity contribution in [1.82, 2.24) is 19.7 Å². The molecule has 0 aliphatic heterocycles. The number of hydrogen-bond donors (Lipinski definition) is 1. The van der Waals surface area contributed by atoms with Crippen LogP contribution in [0.15, 0.2) is 89.8 Å². The topological polar surface area (TPSA) is 85.8 Å². The first-order chi connectivity index (χ1) is 16.5. The molecule has 0 atom stereocenters. The van der Waals surface area contributed by atoms with Gasteiger partial charge < -0.3 is 14.4 Å². The second-order valence-electron chi connectivity index (χ2n) is 7.89. The molecule has 0 radical (unpaired) electrons. The number of rotatable bonds is 6. The zero-order chi connectivity index (χ0) is 23.5. The molecular weight excluding hydrogens is 450 g/mol. The minimum Gasteiger partial charge on any atom is -0.332 e. The molecule has 0 aliphatic carbocycles. The third-order valence-corrected chi connectivity index (χ3v) is 5.45. The first-order valence-corrected chi connectivity index (χ1v) is 11.0. The van der Waals surface area contributed by atoms with Gasteiger partial charge in [-0.25, -0.2) is 4.98 Å². The van der Waals surface area contributed by atoms with E-state index in [1.54, 1.807) is 30.6 Å². The summed E-state index contributed by atoms with van der Waals surface area (Å²) in [5.74, 6) is 0.692. The van der Waals surface area contributed by atoms with Crippen LogP contribution in [0.4, 0.5) is 5.69 Å². The van der Waals surface area contributed by atoms with Crippen molar-refractivity contribution in [2.75, 3.05) is 5.32 Å². The summed E-state index contributed by atoms with van der Waals surface area (Å²) in [6, 6.07) is 22.4. The predicted molar refractivity (Wildman–Crippen MR) is 131 cm³/mol. The van der Waals surface area contributed by atoms with Crippen LogP contribution >= 0.6 is 11.6 Å². The Morgan fingerprint density at radius 3 is 2.68 bits per heavy atom. The van der Waals surface area contributed by atoms with Crippen LogP contribution in [-0.2, 0) is 6.54 Å². The third-order valence-electron chi connectivity index (χ3n) is 5.22. The molecule has 1 amide bonds. The monoisotopic (exact) mass is 469 g/mol. The van der Waals surface area contributed by atoms with Gasteiger partial charge in [0.05, 0.1) is 6.33 Å². The number of aryl methyl sites for hydroxylation is 1. The van der Waals surface area contributed by atoms with Crippen LogP contribution in [0, 0.1) is 6.92 Å². The largest absolute Gasteiger partial charge is 0.332 e. The van der Waals surface area contributed by atoms with E-state index in [9.17, 15) is 4.79 Å². The van der Waals surface area contributed by atoms with Crippen LogP contribution in [0.25, 0.3) is 23.0 Å². The maximum Gasteiger partial charge on any atom is 0.278 e. The molecule has 0 bridgehead atoms. The third kappa shape index (κ3) is 4.89. The van der Waals surface area contributed by atoms with E-state index in [4.69, 9.17) is 16.1 Å². The van der Waals surface area contributed by atoms with Crippen LogP contribution in [0.1, 0.15) is 21.5 Å². The molecule has 168 valence electrons. The van der Waals surface area contributed by atoms with Gasteiger partial charge >= 0.3 is 0 Å². The van der Waals surface area contributed by atoms with Gasteiger partial charge in [-0.15, -0.1) is 0 Å². The number of nitrogens with one attached hydrogen (secondary N) is 1. The summed E-state index contributed by atoms with van der Waals surface area (Å²) >= 11 is 5.96. The molecule has 0 saturated carbocycles. The van der Waals surface area contributed by atoms with E-state index in [0.29, 0.717) is 40.2 Å². The first-order valence-electron chi connectivity index (χ1n) is 10.6. The molecule has 0 spiro atoms. The van der Waals surface area contributed by atoms with E-state index in [1.807, 2.05) is 66.2 Å². The number of amides is 1. The fraction of sp³-hybridized carbons (Fsp3) is 0.0769. The van der Waals surface area contributed by atoms with Crippen molar-refractivity contribution >= 4 is 23.2 Å². The molecule has 1 N–H and O–H groups in total. The van der Waals surface area contributed by atoms with Crippen molar-refractivity contribution < 1.29 is 9.32 Å². The van der Waals surface area contributed by atoms with Gasteiger partial charge in [-0.05, 0) is 48.9 Å². The molecule has 8 heteroatoms. The summed E-state index contributed by atoms with van der Waals surface area (Å²) in [6.45, 7) is 2.63. The van der Waals surface area contributed by atoms with Crippen molar-refractivity contribution in [1.29, 1.82) is 0 Å². The standard InChI is InChI=1S/C26H20ClN5O2/c1-17-4-2-5-19(12-17)24-30-26(34-31-24)23-15-32(16-28-23)14-18-8-10-22(11-9-18)29-25(33)20-6-3-7-21(27)13-20/h2-13,15-16H,14H2,1H3,(H,29,33). The molecule has 3 aromatic carbocycles. The highest BCUT2D eigenvalue weighted by Gasteiger charge is 2.13. The van der Waals surface area contributed by atoms with Crippen molar-refractivity contribution in [3.8, 4) is 23.0 Å². The van der Waals surface area contributed by atoms with Crippen molar-refractivity contribution in [2.24, 2.45) is 0 Å². The molecular formula is C26H20ClN5O2. The van der Waals surface area contributed by atoms with Crippen LogP contribution in [0.5, 0.6) is 0 Å². The fourth-order valence-electron chi connectivity index (χ4n) is 3.52. The van der Waals surface area contributed by atoms with E-state index in [2.05, 4.69) is 20.4 Å². The lowest BCUT2D eigenvalue weighted by atomic mass is 10.1. The van der Waals surface area contributed by atoms with Crippen LogP contribution in [-0.4, -0.2) is 25.6 Å². The summed E-state index contributed by atoms with van der Waals surface area (Å²) in [6.07, 6.45) is 3.59. The van der Waals surface area contributed by atoms with Gasteiger partial charge in [0.25, 0.3) is 11.8 Å². The maximum absolute atomic E-state index is 12.4. The number of carbonyl (C=O) groups is 1. The predicted octanol–water partition coefficient (Wildman–Crippen LogP) is 5.86. The quantitative estimate of drug-likeness (QED) is 0.336. The maximum atomic E-state index is 12.4. The van der Waals surface area contributed by atoms with Gasteiger partial charge in [0.2, 0.25) is 5.82 Å². The lowest BCUT2D eigenvalue weighted by Crippen LogP contribution is -2.11. The Labute approximate surface area is 201 Å². The molecule has 34 heavy (non-hydrogen) atoms. The number of imidazole rings is 1. The fourth-order valence-corrected chi connectivity index (χ4v) is 3.71. The second kappa shape index (κ2) is 9.33. The van der Waals surface area contributed by atoms with E-state index in [-0.39, 0.29) is 5.91 Å². The molecule has 0 fully saturated rings. The van der Waals surface area contributed by atoms with E-state index < -0.39 is 0 Å². The highest BCUT2D eigenvalue weighted by atomic mass is 35.5. The number of anilines is 1. The summed E-state index contributed by atoms with van der Waals surface area (Å²) in [4.78, 5) is 21.3. The minimum atomic E-state index is -0.209. The van der Waals surface area contributed by atoms with Crippen LogP contribution in [0.3, 0.4) is 0 Å². The van der Waals surface area contributed by atoms with Crippen molar-refractivity contribution in [2.45, 2.75) is 13.5 Å². The number of halogens is 1. The van der Waals surface area contributed by atoms with Gasteiger partial charge in [0.15, 0.2) is 0 Å². The molecule has 0 unspecified atom stereocenters. The average molecular weight is 470 g/mol. The SMILES string of the molecule is Cc1cccc(-c2noc(-c3cn(Cc4ccc(NC(=O)c5cccc(Cl)c5)cc4)cn3)n2)c1. The lowest BCUT2D eigenvalue weighted by Gasteiger charge is -2.07. The Balaban J connectivity index is 1.24. The number of carbonyl (C=O) groups excluding carboxylic acids is 1. The first kappa shape index (κ1) is 21.6. The zero-order valence-electron chi connectivity index (χ0n) is 18.3. The molecule has 2 heterocycles. The molecule has 0 aliphatic rings. The Morgan fingerprint density at radius 1 is 1.06 bits per heavy atom. The Kier molecular flexibility index (Phi) is 5.93. The molecule has 5 rings (SSSR count). The summed E-state index contributed by atoms with van der Waals surface area (Å²) in [5.41, 5.74) is 4.90. The number of hydrogen-bond acceptors (Lipinski definition) is 5. The Bertz CT molecular complexity index is 1460. The van der Waals surface area contributed by atoms with Crippen LogP contribution < -0.4 is 5.32 Å². The van der Waals surface area contributed by atoms with Gasteiger partial charge in [0, 0.05) is 34.6 Å². The van der Waals surface area contributed by atoms with E-state index in [1.165, 1.54) is 0 Å². The lowest BCUT2D eigenvalue weighted by molar-refractivity contribution is 0.102. The number of benzene rings is 3. The van der Waals surface area contributed by atoms with Gasteiger partial charge in [-0.1, -0.05) is 58.7 Å². The van der Waals surface area contributed by atoms with Crippen molar-refractivity contribution in [3.05, 3.63) is 107 Å². The summed E-state index contributed by atoms with van der Waals surface area (Å²) in [5, 5.41) is 7.48. The highest BCUT2D eigenvalue weighted by Crippen LogP contribution is 2.22. The molecule has 5 aromatic rings. The van der Waals surface area contributed by atoms with Gasteiger partial charge in [0.1, 0.15) is 5.69 Å². The Hall–Kier alpha value is -4.23. The highest BCUT2D eigenvalue weighted by molar-refractivity contribution is 6.31. The number of nitrogens with zero attached hydrogens (tertiary/aromatic N) is 4. The van der Waals surface area contributed by atoms with E-state index >= 15 is 0 Å². The Morgan fingerprint density at radius 2 is 1.88 bits per heavy atom. The summed E-state index contributed by atoms with van der Waals surface area (Å²) in [7, 11) is 0.